The highest BCUT2D eigenvalue weighted by atomic mass is 32.2. The largest absolute Gasteiger partial charge is 0.461 e. The number of thioether (sulfide) groups is 1. The quantitative estimate of drug-likeness (QED) is 0.654. The lowest BCUT2D eigenvalue weighted by atomic mass is 10.4. The molecule has 0 aliphatic heterocycles. The van der Waals surface area contributed by atoms with E-state index < -0.39 is 5.97 Å². The van der Waals surface area contributed by atoms with E-state index in [9.17, 15) is 9.59 Å². The molecule has 1 amide bonds. The molecule has 110 valence electrons. The highest BCUT2D eigenvalue weighted by Gasteiger charge is 2.13. The van der Waals surface area contributed by atoms with Crippen molar-refractivity contribution in [2.75, 3.05) is 17.7 Å². The molecule has 2 rings (SSSR count). The minimum atomic E-state index is -0.479. The standard InChI is InChI=1S/C14H14N2O3S2/c1-2-19-13(18)11-8-21-14(15-11)16-12(17)9-20-10-6-4-3-5-7-10/h3-8H,2,9H2,1H3,(H,15,16,17). The maximum Gasteiger partial charge on any atom is 0.357 e. The summed E-state index contributed by atoms with van der Waals surface area (Å²) in [7, 11) is 0. The van der Waals surface area contributed by atoms with Gasteiger partial charge in [0.05, 0.1) is 12.4 Å². The molecule has 1 aromatic heterocycles. The third-order valence-corrected chi connectivity index (χ3v) is 4.12. The van der Waals surface area contributed by atoms with Crippen LogP contribution in [-0.2, 0) is 9.53 Å². The highest BCUT2D eigenvalue weighted by molar-refractivity contribution is 8.00. The maximum absolute atomic E-state index is 11.8. The summed E-state index contributed by atoms with van der Waals surface area (Å²) in [6.45, 7) is 2.03. The van der Waals surface area contributed by atoms with Crippen LogP contribution in [0.1, 0.15) is 17.4 Å². The Morgan fingerprint density at radius 3 is 2.81 bits per heavy atom. The molecule has 1 aromatic carbocycles. The molecule has 5 nitrogen and oxygen atoms in total. The molecule has 0 bridgehead atoms. The maximum atomic E-state index is 11.8. The summed E-state index contributed by atoms with van der Waals surface area (Å²) in [5.41, 5.74) is 0.216. The van der Waals surface area contributed by atoms with Crippen LogP contribution in [0.4, 0.5) is 5.13 Å². The molecule has 1 N–H and O–H groups in total. The number of amides is 1. The van der Waals surface area contributed by atoms with Gasteiger partial charge in [0.2, 0.25) is 5.91 Å². The number of carbonyl (C=O) groups excluding carboxylic acids is 2. The Balaban J connectivity index is 1.84. The number of rotatable bonds is 6. The predicted molar refractivity (Wildman–Crippen MR) is 83.9 cm³/mol. The Labute approximate surface area is 130 Å². The lowest BCUT2D eigenvalue weighted by molar-refractivity contribution is -0.113. The number of anilines is 1. The average molecular weight is 322 g/mol. The van der Waals surface area contributed by atoms with Crippen LogP contribution in [0, 0.1) is 0 Å². The fourth-order valence-corrected chi connectivity index (χ4v) is 2.87. The number of carbonyl (C=O) groups is 2. The van der Waals surface area contributed by atoms with Gasteiger partial charge in [-0.1, -0.05) is 18.2 Å². The third kappa shape index (κ3) is 4.87. The van der Waals surface area contributed by atoms with Crippen LogP contribution in [0.3, 0.4) is 0 Å². The van der Waals surface area contributed by atoms with Gasteiger partial charge in [-0.05, 0) is 19.1 Å². The molecule has 0 spiro atoms. The average Bonchev–Trinajstić information content (AvgIpc) is 2.95. The minimum Gasteiger partial charge on any atom is -0.461 e. The lowest BCUT2D eigenvalue weighted by Gasteiger charge is -2.02. The Morgan fingerprint density at radius 1 is 1.33 bits per heavy atom. The molecule has 7 heteroatoms. The number of esters is 1. The van der Waals surface area contributed by atoms with Crippen LogP contribution in [0.5, 0.6) is 0 Å². The summed E-state index contributed by atoms with van der Waals surface area (Å²) < 4.78 is 4.84. The van der Waals surface area contributed by atoms with E-state index in [2.05, 4.69) is 10.3 Å². The molecular weight excluding hydrogens is 308 g/mol. The van der Waals surface area contributed by atoms with Gasteiger partial charge < -0.3 is 10.1 Å². The topological polar surface area (TPSA) is 68.3 Å². The summed E-state index contributed by atoms with van der Waals surface area (Å²) in [5, 5.41) is 4.64. The molecule has 0 saturated carbocycles. The number of hydrogen-bond donors (Lipinski definition) is 1. The number of thiazole rings is 1. The SMILES string of the molecule is CCOC(=O)c1csc(NC(=O)CSc2ccccc2)n1. The molecule has 0 saturated heterocycles. The van der Waals surface area contributed by atoms with Crippen molar-refractivity contribution in [1.29, 1.82) is 0 Å². The second-order valence-corrected chi connectivity index (χ2v) is 5.82. The van der Waals surface area contributed by atoms with Crippen LogP contribution >= 0.6 is 23.1 Å². The van der Waals surface area contributed by atoms with Gasteiger partial charge in [-0.2, -0.15) is 0 Å². The van der Waals surface area contributed by atoms with Crippen molar-refractivity contribution in [2.45, 2.75) is 11.8 Å². The molecular formula is C14H14N2O3S2. The smallest absolute Gasteiger partial charge is 0.357 e. The fraction of sp³-hybridized carbons (Fsp3) is 0.214. The Morgan fingerprint density at radius 2 is 2.10 bits per heavy atom. The van der Waals surface area contributed by atoms with Gasteiger partial charge >= 0.3 is 5.97 Å². The number of ether oxygens (including phenoxy) is 1. The van der Waals surface area contributed by atoms with Crippen molar-refractivity contribution in [3.63, 3.8) is 0 Å². The zero-order chi connectivity index (χ0) is 15.1. The van der Waals surface area contributed by atoms with Gasteiger partial charge in [0, 0.05) is 10.3 Å². The summed E-state index contributed by atoms with van der Waals surface area (Å²) in [4.78, 5) is 28.3. The minimum absolute atomic E-state index is 0.159. The normalized spacial score (nSPS) is 10.1. The molecule has 0 fully saturated rings. The van der Waals surface area contributed by atoms with Crippen molar-refractivity contribution in [1.82, 2.24) is 4.98 Å². The van der Waals surface area contributed by atoms with E-state index in [0.717, 1.165) is 4.90 Å². The van der Waals surface area contributed by atoms with Crippen LogP contribution in [0.15, 0.2) is 40.6 Å². The van der Waals surface area contributed by atoms with Crippen LogP contribution in [0.2, 0.25) is 0 Å². The van der Waals surface area contributed by atoms with Gasteiger partial charge in [-0.15, -0.1) is 23.1 Å². The number of hydrogen-bond acceptors (Lipinski definition) is 6. The van der Waals surface area contributed by atoms with Crippen molar-refractivity contribution < 1.29 is 14.3 Å². The number of benzene rings is 1. The number of nitrogens with zero attached hydrogens (tertiary/aromatic N) is 1. The molecule has 0 atom stereocenters. The first-order chi connectivity index (χ1) is 10.2. The molecule has 21 heavy (non-hydrogen) atoms. The number of nitrogens with one attached hydrogen (secondary N) is 1. The monoisotopic (exact) mass is 322 g/mol. The first-order valence-electron chi connectivity index (χ1n) is 6.29. The van der Waals surface area contributed by atoms with Crippen LogP contribution in [0.25, 0.3) is 0 Å². The first kappa shape index (κ1) is 15.5. The summed E-state index contributed by atoms with van der Waals surface area (Å²) in [6.07, 6.45) is 0. The Bertz CT molecular complexity index is 614. The summed E-state index contributed by atoms with van der Waals surface area (Å²) >= 11 is 2.64. The molecule has 0 radical (unpaired) electrons. The van der Waals surface area contributed by atoms with Gasteiger partial charge in [-0.25, -0.2) is 9.78 Å². The van der Waals surface area contributed by atoms with Crippen molar-refractivity contribution in [3.8, 4) is 0 Å². The fourth-order valence-electron chi connectivity index (χ4n) is 1.45. The van der Waals surface area contributed by atoms with E-state index in [1.807, 2.05) is 30.3 Å². The lowest BCUT2D eigenvalue weighted by Crippen LogP contribution is -2.14. The van der Waals surface area contributed by atoms with E-state index in [4.69, 9.17) is 4.74 Å². The zero-order valence-electron chi connectivity index (χ0n) is 11.4. The molecule has 0 aliphatic carbocycles. The van der Waals surface area contributed by atoms with Gasteiger partial charge in [-0.3, -0.25) is 4.79 Å². The predicted octanol–water partition coefficient (Wildman–Crippen LogP) is 3.05. The molecule has 0 aliphatic rings. The first-order valence-corrected chi connectivity index (χ1v) is 8.16. The summed E-state index contributed by atoms with van der Waals surface area (Å²) in [5.74, 6) is -0.347. The van der Waals surface area contributed by atoms with Crippen LogP contribution in [-0.4, -0.2) is 29.2 Å². The van der Waals surface area contributed by atoms with E-state index >= 15 is 0 Å². The highest BCUT2D eigenvalue weighted by Crippen LogP contribution is 2.19. The molecule has 0 unspecified atom stereocenters. The Hall–Kier alpha value is -1.86. The van der Waals surface area contributed by atoms with Gasteiger partial charge in [0.15, 0.2) is 10.8 Å². The van der Waals surface area contributed by atoms with E-state index in [0.29, 0.717) is 17.5 Å². The van der Waals surface area contributed by atoms with E-state index in [-0.39, 0.29) is 11.6 Å². The summed E-state index contributed by atoms with van der Waals surface area (Å²) in [6, 6.07) is 9.66. The van der Waals surface area contributed by atoms with E-state index in [1.165, 1.54) is 23.1 Å². The molecule has 1 heterocycles. The van der Waals surface area contributed by atoms with Gasteiger partial charge in [0.1, 0.15) is 0 Å². The second-order valence-electron chi connectivity index (χ2n) is 3.91. The van der Waals surface area contributed by atoms with E-state index in [1.54, 1.807) is 12.3 Å². The number of aromatic nitrogens is 1. The zero-order valence-corrected chi connectivity index (χ0v) is 13.0. The van der Waals surface area contributed by atoms with Crippen molar-refractivity contribution in [2.24, 2.45) is 0 Å². The van der Waals surface area contributed by atoms with Gasteiger partial charge in [0.25, 0.3) is 0 Å². The Kier molecular flexibility index (Phi) is 5.77. The third-order valence-electron chi connectivity index (χ3n) is 2.35. The van der Waals surface area contributed by atoms with Crippen LogP contribution < -0.4 is 5.32 Å². The van der Waals surface area contributed by atoms with Crippen molar-refractivity contribution >= 4 is 40.1 Å². The molecule has 2 aromatic rings. The van der Waals surface area contributed by atoms with Crippen molar-refractivity contribution in [3.05, 3.63) is 41.4 Å². The second kappa shape index (κ2) is 7.80.